The zero-order chi connectivity index (χ0) is 31.7. The number of imidazole rings is 1. The molecule has 2 unspecified atom stereocenters. The van der Waals surface area contributed by atoms with Crippen molar-refractivity contribution in [2.45, 2.75) is 52.5 Å². The van der Waals surface area contributed by atoms with Crippen LogP contribution in [0.5, 0.6) is 5.75 Å². The average Bonchev–Trinajstić information content (AvgIpc) is 3.31. The summed E-state index contributed by atoms with van der Waals surface area (Å²) in [5.74, 6) is 0.316. The first-order chi connectivity index (χ1) is 20.2. The fraction of sp³-hybridized carbons (Fsp3) is 0.452. The number of benzene rings is 2. The molecule has 234 valence electrons. The normalized spacial score (nSPS) is 14.5. The summed E-state index contributed by atoms with van der Waals surface area (Å²) in [6.45, 7) is 9.09. The molecule has 9 nitrogen and oxygen atoms in total. The first-order valence-electron chi connectivity index (χ1n) is 14.1. The third-order valence-corrected chi connectivity index (χ3v) is 6.88. The molecular formula is C31H40F3N5O4. The minimum absolute atomic E-state index is 0.0784. The van der Waals surface area contributed by atoms with Crippen LogP contribution in [0, 0.1) is 13.8 Å². The van der Waals surface area contributed by atoms with Gasteiger partial charge in [0.2, 0.25) is 5.91 Å². The van der Waals surface area contributed by atoms with Crippen LogP contribution in [0.3, 0.4) is 0 Å². The fourth-order valence-corrected chi connectivity index (χ4v) is 4.19. The van der Waals surface area contributed by atoms with E-state index in [2.05, 4.69) is 34.7 Å². The number of amides is 2. The lowest BCUT2D eigenvalue weighted by Gasteiger charge is -2.29. The van der Waals surface area contributed by atoms with E-state index in [0.29, 0.717) is 30.0 Å². The smallest absolute Gasteiger partial charge is 0.425 e. The number of rotatable bonds is 10. The van der Waals surface area contributed by atoms with Crippen molar-refractivity contribution in [2.24, 2.45) is 7.05 Å². The highest BCUT2D eigenvalue weighted by Crippen LogP contribution is 2.27. The second kappa shape index (κ2) is 15.0. The molecule has 0 saturated carbocycles. The van der Waals surface area contributed by atoms with Crippen LogP contribution in [0.25, 0.3) is 11.3 Å². The molecule has 1 aromatic heterocycles. The summed E-state index contributed by atoms with van der Waals surface area (Å²) in [5.41, 5.74) is 3.95. The maximum Gasteiger partial charge on any atom is 0.425 e. The van der Waals surface area contributed by atoms with E-state index in [9.17, 15) is 27.9 Å². The molecule has 4 rings (SSSR count). The van der Waals surface area contributed by atoms with Crippen molar-refractivity contribution >= 4 is 11.8 Å². The number of hydrogen-bond donors (Lipinski definition) is 3. The number of aliphatic hydroxyl groups is 1. The van der Waals surface area contributed by atoms with E-state index >= 15 is 0 Å². The van der Waals surface area contributed by atoms with Crippen LogP contribution >= 0.6 is 0 Å². The van der Waals surface area contributed by atoms with Gasteiger partial charge in [-0.05, 0) is 71.0 Å². The number of carbonyl (C=O) groups is 2. The second-order valence-electron chi connectivity index (χ2n) is 10.7. The third-order valence-electron chi connectivity index (χ3n) is 6.88. The Morgan fingerprint density at radius 3 is 2.23 bits per heavy atom. The number of nitrogens with one attached hydrogen (secondary N) is 2. The first-order valence-corrected chi connectivity index (χ1v) is 14.1. The Morgan fingerprint density at radius 2 is 1.70 bits per heavy atom. The lowest BCUT2D eigenvalue weighted by atomic mass is 10.1. The lowest BCUT2D eigenvalue weighted by Crippen LogP contribution is -2.45. The number of nitrogens with zero attached hydrogens (tertiary/aromatic N) is 3. The summed E-state index contributed by atoms with van der Waals surface area (Å²) in [4.78, 5) is 30.2. The standard InChI is InChI=1S/C18H24F3N3O3.C13H16N2O/c1-12-10-14(4-5-15(12)27-13(2)18(19,20)21)17(26)23-7-6-22-16(25)11-24-8-3-9-24;1-9-4-6-11(7-5-9)12-8-15(3)13(14-12)10(2)16/h4-5,10,13H,3,6-9,11H2,1-2H3,(H,22,25)(H,23,26);4-8,10,16H,1-3H3. The van der Waals surface area contributed by atoms with E-state index in [0.717, 1.165) is 37.7 Å². The first kappa shape index (κ1) is 33.6. The van der Waals surface area contributed by atoms with Crippen molar-refractivity contribution < 1.29 is 32.6 Å². The molecule has 2 amide bonds. The summed E-state index contributed by atoms with van der Waals surface area (Å²) < 4.78 is 44.5. The number of aromatic nitrogens is 2. The van der Waals surface area contributed by atoms with E-state index in [1.54, 1.807) is 13.8 Å². The third kappa shape index (κ3) is 10.1. The van der Waals surface area contributed by atoms with Crippen LogP contribution in [-0.2, 0) is 11.8 Å². The summed E-state index contributed by atoms with van der Waals surface area (Å²) >= 11 is 0. The summed E-state index contributed by atoms with van der Waals surface area (Å²) in [6, 6.07) is 12.4. The predicted molar refractivity (Wildman–Crippen MR) is 158 cm³/mol. The highest BCUT2D eigenvalue weighted by atomic mass is 19.4. The molecule has 1 saturated heterocycles. The minimum atomic E-state index is -4.46. The number of likely N-dealkylation sites (tertiary alicyclic amines) is 1. The summed E-state index contributed by atoms with van der Waals surface area (Å²) in [5, 5.41) is 14.9. The zero-order valence-electron chi connectivity index (χ0n) is 25.2. The SMILES string of the molecule is Cc1cc(C(=O)NCCNC(=O)CN2CCC2)ccc1OC(C)C(F)(F)F.Cc1ccc(-c2cn(C)c(C(C)O)n2)cc1. The number of ether oxygens (including phenoxy) is 1. The number of aryl methyl sites for hydroxylation is 3. The van der Waals surface area contributed by atoms with Crippen LogP contribution in [0.15, 0.2) is 48.7 Å². The maximum absolute atomic E-state index is 12.6. The number of carbonyl (C=O) groups excluding carboxylic acids is 2. The lowest BCUT2D eigenvalue weighted by molar-refractivity contribution is -0.189. The highest BCUT2D eigenvalue weighted by Gasteiger charge is 2.38. The number of halogens is 3. The number of alkyl halides is 3. The fourth-order valence-electron chi connectivity index (χ4n) is 4.19. The molecule has 3 N–H and O–H groups in total. The molecule has 1 aliphatic heterocycles. The minimum Gasteiger partial charge on any atom is -0.481 e. The van der Waals surface area contributed by atoms with Gasteiger partial charge < -0.3 is 25.0 Å². The molecule has 2 aromatic carbocycles. The van der Waals surface area contributed by atoms with E-state index < -0.39 is 18.4 Å². The Hall–Kier alpha value is -3.90. The van der Waals surface area contributed by atoms with Crippen molar-refractivity contribution in [1.82, 2.24) is 25.1 Å². The monoisotopic (exact) mass is 603 g/mol. The van der Waals surface area contributed by atoms with Gasteiger partial charge in [-0.25, -0.2) is 4.98 Å². The van der Waals surface area contributed by atoms with Crippen molar-refractivity contribution in [3.05, 3.63) is 71.2 Å². The van der Waals surface area contributed by atoms with Crippen molar-refractivity contribution in [3.8, 4) is 17.0 Å². The Bertz CT molecular complexity index is 1370. The molecule has 12 heteroatoms. The molecule has 0 radical (unpaired) electrons. The number of aliphatic hydroxyl groups excluding tert-OH is 1. The van der Waals surface area contributed by atoms with Crippen molar-refractivity contribution in [1.29, 1.82) is 0 Å². The van der Waals surface area contributed by atoms with Gasteiger partial charge in [0.05, 0.1) is 12.2 Å². The molecule has 0 aliphatic carbocycles. The van der Waals surface area contributed by atoms with Gasteiger partial charge in [-0.2, -0.15) is 13.2 Å². The molecular weight excluding hydrogens is 563 g/mol. The average molecular weight is 604 g/mol. The van der Waals surface area contributed by atoms with Gasteiger partial charge in [0, 0.05) is 37.5 Å². The zero-order valence-corrected chi connectivity index (χ0v) is 25.2. The Balaban J connectivity index is 0.000000268. The topological polar surface area (TPSA) is 109 Å². The van der Waals surface area contributed by atoms with E-state index in [4.69, 9.17) is 4.74 Å². The molecule has 3 aromatic rings. The van der Waals surface area contributed by atoms with Crippen molar-refractivity contribution in [2.75, 3.05) is 32.7 Å². The Labute approximate surface area is 250 Å². The van der Waals surface area contributed by atoms with Crippen LogP contribution in [-0.4, -0.2) is 76.4 Å². The molecule has 2 heterocycles. The van der Waals surface area contributed by atoms with E-state index in [-0.39, 0.29) is 24.1 Å². The van der Waals surface area contributed by atoms with Gasteiger partial charge in [-0.15, -0.1) is 0 Å². The molecule has 0 spiro atoms. The Morgan fingerprint density at radius 1 is 1.05 bits per heavy atom. The van der Waals surface area contributed by atoms with Gasteiger partial charge in [0.1, 0.15) is 17.7 Å². The molecule has 1 fully saturated rings. The van der Waals surface area contributed by atoms with Gasteiger partial charge in [-0.1, -0.05) is 29.8 Å². The van der Waals surface area contributed by atoms with Gasteiger partial charge in [0.15, 0.2) is 6.10 Å². The van der Waals surface area contributed by atoms with Crippen LogP contribution in [0.2, 0.25) is 0 Å². The summed E-state index contributed by atoms with van der Waals surface area (Å²) in [6.07, 6.45) is -3.88. The predicted octanol–water partition coefficient (Wildman–Crippen LogP) is 4.33. The molecule has 2 atom stereocenters. The summed E-state index contributed by atoms with van der Waals surface area (Å²) in [7, 11) is 1.90. The van der Waals surface area contributed by atoms with Crippen LogP contribution < -0.4 is 15.4 Å². The second-order valence-corrected chi connectivity index (χ2v) is 10.7. The van der Waals surface area contributed by atoms with Gasteiger partial charge in [-0.3, -0.25) is 14.5 Å². The Kier molecular flexibility index (Phi) is 11.7. The van der Waals surface area contributed by atoms with Gasteiger partial charge in [0.25, 0.3) is 5.91 Å². The van der Waals surface area contributed by atoms with E-state index in [1.165, 1.54) is 23.8 Å². The van der Waals surface area contributed by atoms with Crippen molar-refractivity contribution in [3.63, 3.8) is 0 Å². The molecule has 0 bridgehead atoms. The van der Waals surface area contributed by atoms with E-state index in [1.807, 2.05) is 34.8 Å². The van der Waals surface area contributed by atoms with Crippen LogP contribution in [0.4, 0.5) is 13.2 Å². The highest BCUT2D eigenvalue weighted by molar-refractivity contribution is 5.94. The quantitative estimate of drug-likeness (QED) is 0.298. The molecule has 1 aliphatic rings. The maximum atomic E-state index is 12.6. The molecule has 43 heavy (non-hydrogen) atoms. The van der Waals surface area contributed by atoms with Crippen LogP contribution in [0.1, 0.15) is 53.7 Å². The number of hydrogen-bond acceptors (Lipinski definition) is 6. The largest absolute Gasteiger partial charge is 0.481 e. The van der Waals surface area contributed by atoms with Gasteiger partial charge >= 0.3 is 6.18 Å².